The highest BCUT2D eigenvalue weighted by molar-refractivity contribution is 14.0. The van der Waals surface area contributed by atoms with Crippen molar-refractivity contribution in [3.63, 3.8) is 0 Å². The van der Waals surface area contributed by atoms with Crippen molar-refractivity contribution in [2.24, 2.45) is 4.99 Å². The number of halogens is 3. The highest BCUT2D eigenvalue weighted by Gasteiger charge is 2.25. The van der Waals surface area contributed by atoms with Crippen molar-refractivity contribution >= 4 is 47.4 Å². The highest BCUT2D eigenvalue weighted by Crippen LogP contribution is 2.16. The highest BCUT2D eigenvalue weighted by atomic mass is 127. The number of guanidine groups is 1. The van der Waals surface area contributed by atoms with Crippen LogP contribution in [0.3, 0.4) is 0 Å². The van der Waals surface area contributed by atoms with Gasteiger partial charge < -0.3 is 19.5 Å². The molecule has 1 aromatic heterocycles. The van der Waals surface area contributed by atoms with E-state index >= 15 is 0 Å². The molecule has 6 nitrogen and oxygen atoms in total. The maximum absolute atomic E-state index is 13.2. The van der Waals surface area contributed by atoms with Gasteiger partial charge in [0, 0.05) is 39.8 Å². The van der Waals surface area contributed by atoms with Crippen LogP contribution in [0.25, 0.3) is 0 Å². The lowest BCUT2D eigenvalue weighted by molar-refractivity contribution is 0.0657. The normalized spacial score (nSPS) is 14.7. The van der Waals surface area contributed by atoms with E-state index in [0.29, 0.717) is 38.5 Å². The minimum atomic E-state index is -0.433. The summed E-state index contributed by atoms with van der Waals surface area (Å²) in [5.74, 6) is 0.556. The summed E-state index contributed by atoms with van der Waals surface area (Å²) >= 11 is 5.81. The molecule has 1 fully saturated rings. The third-order valence-corrected chi connectivity index (χ3v) is 4.53. The van der Waals surface area contributed by atoms with E-state index in [1.54, 1.807) is 36.2 Å². The third-order valence-electron chi connectivity index (χ3n) is 4.24. The number of carbonyl (C=O) groups excluding carboxylic acids is 1. The Bertz CT molecular complexity index is 793. The number of aliphatic imine (C=N–C) groups is 1. The molecule has 0 saturated carbocycles. The van der Waals surface area contributed by atoms with Gasteiger partial charge in [0.15, 0.2) is 11.7 Å². The summed E-state index contributed by atoms with van der Waals surface area (Å²) in [6.07, 6.45) is 1.50. The standard InChI is InChI=1S/C18H20ClFN4O2.HI/c1-21-18(22-12-13-4-5-15(20)14(19)11-13)24-8-6-23(7-9-24)17(25)16-3-2-10-26-16;/h2-5,10-11H,6-9,12H2,1H3,(H,21,22);1H. The van der Waals surface area contributed by atoms with E-state index in [0.717, 1.165) is 11.5 Å². The largest absolute Gasteiger partial charge is 0.459 e. The van der Waals surface area contributed by atoms with Crippen molar-refractivity contribution in [1.82, 2.24) is 15.1 Å². The number of piperazine rings is 1. The van der Waals surface area contributed by atoms with E-state index in [1.807, 2.05) is 0 Å². The number of benzene rings is 1. The molecular formula is C18H21ClFIN4O2. The van der Waals surface area contributed by atoms with Crippen molar-refractivity contribution in [2.45, 2.75) is 6.54 Å². The van der Waals surface area contributed by atoms with E-state index in [4.69, 9.17) is 16.0 Å². The second-order valence-electron chi connectivity index (χ2n) is 5.91. The van der Waals surface area contributed by atoms with E-state index in [9.17, 15) is 9.18 Å². The van der Waals surface area contributed by atoms with Gasteiger partial charge in [-0.2, -0.15) is 0 Å². The quantitative estimate of drug-likeness (QED) is 0.395. The number of nitrogens with zero attached hydrogens (tertiary/aromatic N) is 3. The summed E-state index contributed by atoms with van der Waals surface area (Å²) in [5, 5.41) is 3.35. The van der Waals surface area contributed by atoms with Crippen LogP contribution in [0, 0.1) is 5.82 Å². The molecule has 2 aromatic rings. The molecule has 1 aromatic carbocycles. The predicted octanol–water partition coefficient (Wildman–Crippen LogP) is 3.22. The summed E-state index contributed by atoms with van der Waals surface area (Å²) in [5.41, 5.74) is 0.865. The maximum atomic E-state index is 13.2. The molecule has 1 amide bonds. The van der Waals surface area contributed by atoms with E-state index in [1.165, 1.54) is 12.3 Å². The zero-order valence-electron chi connectivity index (χ0n) is 14.8. The molecule has 0 atom stereocenters. The average Bonchev–Trinajstić information content (AvgIpc) is 3.20. The van der Waals surface area contributed by atoms with Gasteiger partial charge in [0.1, 0.15) is 5.82 Å². The van der Waals surface area contributed by atoms with E-state index < -0.39 is 5.82 Å². The van der Waals surface area contributed by atoms with Crippen molar-refractivity contribution in [2.75, 3.05) is 33.2 Å². The second-order valence-corrected chi connectivity index (χ2v) is 6.31. The molecule has 1 saturated heterocycles. The molecule has 146 valence electrons. The fourth-order valence-electron chi connectivity index (χ4n) is 2.84. The number of amides is 1. The summed E-state index contributed by atoms with van der Waals surface area (Å²) < 4.78 is 18.4. The van der Waals surface area contributed by atoms with Crippen LogP contribution in [0.1, 0.15) is 16.1 Å². The molecule has 3 rings (SSSR count). The SMILES string of the molecule is CN=C(NCc1ccc(F)c(Cl)c1)N1CCN(C(=O)c2ccco2)CC1.I. The zero-order chi connectivity index (χ0) is 18.5. The van der Waals surface area contributed by atoms with Crippen LogP contribution in [0.15, 0.2) is 46.0 Å². The van der Waals surface area contributed by atoms with Crippen LogP contribution in [0.2, 0.25) is 5.02 Å². The molecule has 0 bridgehead atoms. The van der Waals surface area contributed by atoms with Gasteiger partial charge >= 0.3 is 0 Å². The number of hydrogen-bond donors (Lipinski definition) is 1. The molecule has 9 heteroatoms. The van der Waals surface area contributed by atoms with Crippen LogP contribution >= 0.6 is 35.6 Å². The molecule has 1 N–H and O–H groups in total. The number of carbonyl (C=O) groups is 1. The van der Waals surface area contributed by atoms with Crippen LogP contribution in [0.5, 0.6) is 0 Å². The monoisotopic (exact) mass is 506 g/mol. The first-order valence-corrected chi connectivity index (χ1v) is 8.68. The van der Waals surface area contributed by atoms with Crippen LogP contribution in [0.4, 0.5) is 4.39 Å². The number of nitrogens with one attached hydrogen (secondary N) is 1. The zero-order valence-corrected chi connectivity index (χ0v) is 17.9. The summed E-state index contributed by atoms with van der Waals surface area (Å²) in [6.45, 7) is 2.98. The van der Waals surface area contributed by atoms with Gasteiger partial charge in [-0.3, -0.25) is 9.79 Å². The van der Waals surface area contributed by atoms with Gasteiger partial charge in [-0.1, -0.05) is 17.7 Å². The molecule has 0 radical (unpaired) electrons. The third kappa shape index (κ3) is 5.35. The van der Waals surface area contributed by atoms with Crippen molar-refractivity contribution in [1.29, 1.82) is 0 Å². The fourth-order valence-corrected chi connectivity index (χ4v) is 3.04. The summed E-state index contributed by atoms with van der Waals surface area (Å²) in [6, 6.07) is 8.00. The molecule has 0 unspecified atom stereocenters. The van der Waals surface area contributed by atoms with Crippen LogP contribution in [-0.2, 0) is 6.54 Å². The Kier molecular flexibility index (Phi) is 7.91. The number of furan rings is 1. The first-order chi connectivity index (χ1) is 12.6. The minimum Gasteiger partial charge on any atom is -0.459 e. The van der Waals surface area contributed by atoms with Gasteiger partial charge in [0.25, 0.3) is 5.91 Å². The predicted molar refractivity (Wildman–Crippen MR) is 113 cm³/mol. The van der Waals surface area contributed by atoms with Gasteiger partial charge in [-0.05, 0) is 29.8 Å². The lowest BCUT2D eigenvalue weighted by Crippen LogP contribution is -2.53. The topological polar surface area (TPSA) is 61.1 Å². The Labute approximate surface area is 179 Å². The Morgan fingerprint density at radius 2 is 1.96 bits per heavy atom. The first-order valence-electron chi connectivity index (χ1n) is 8.31. The lowest BCUT2D eigenvalue weighted by Gasteiger charge is -2.36. The van der Waals surface area contributed by atoms with Crippen molar-refractivity contribution in [3.05, 3.63) is 58.8 Å². The van der Waals surface area contributed by atoms with E-state index in [-0.39, 0.29) is 34.9 Å². The Morgan fingerprint density at radius 1 is 1.26 bits per heavy atom. The van der Waals surface area contributed by atoms with Gasteiger partial charge in [0.2, 0.25) is 0 Å². The van der Waals surface area contributed by atoms with Gasteiger partial charge in [0.05, 0.1) is 11.3 Å². The molecule has 27 heavy (non-hydrogen) atoms. The molecule has 1 aliphatic heterocycles. The summed E-state index contributed by atoms with van der Waals surface area (Å²) in [4.78, 5) is 20.4. The first kappa shape index (κ1) is 21.5. The molecule has 0 aliphatic carbocycles. The molecular weight excluding hydrogens is 486 g/mol. The Hall–Kier alpha value is -1.81. The van der Waals surface area contributed by atoms with Crippen LogP contribution in [-0.4, -0.2) is 54.9 Å². The molecule has 1 aliphatic rings. The van der Waals surface area contributed by atoms with Gasteiger partial charge in [-0.15, -0.1) is 24.0 Å². The average molecular weight is 507 g/mol. The Morgan fingerprint density at radius 3 is 2.56 bits per heavy atom. The molecule has 0 spiro atoms. The van der Waals surface area contributed by atoms with Gasteiger partial charge in [-0.25, -0.2) is 4.39 Å². The maximum Gasteiger partial charge on any atom is 0.289 e. The lowest BCUT2D eigenvalue weighted by atomic mass is 10.2. The van der Waals surface area contributed by atoms with Crippen molar-refractivity contribution < 1.29 is 13.6 Å². The second kappa shape index (κ2) is 9.93. The van der Waals surface area contributed by atoms with Crippen LogP contribution < -0.4 is 5.32 Å². The summed E-state index contributed by atoms with van der Waals surface area (Å²) in [7, 11) is 1.71. The number of rotatable bonds is 3. The number of hydrogen-bond acceptors (Lipinski definition) is 3. The smallest absolute Gasteiger partial charge is 0.289 e. The Balaban J connectivity index is 0.00000261. The minimum absolute atomic E-state index is 0. The van der Waals surface area contributed by atoms with E-state index in [2.05, 4.69) is 15.2 Å². The fraction of sp³-hybridized carbons (Fsp3) is 0.333. The molecule has 2 heterocycles. The van der Waals surface area contributed by atoms with Crippen molar-refractivity contribution in [3.8, 4) is 0 Å².